The zero-order valence-corrected chi connectivity index (χ0v) is 17.3. The van der Waals surface area contributed by atoms with Crippen molar-refractivity contribution in [1.82, 2.24) is 14.8 Å². The maximum atomic E-state index is 12.7. The van der Waals surface area contributed by atoms with E-state index in [1.807, 2.05) is 25.1 Å². The van der Waals surface area contributed by atoms with Crippen LogP contribution in [0, 0.1) is 6.92 Å². The number of anilines is 1. The molecule has 152 valence electrons. The van der Waals surface area contributed by atoms with Crippen LogP contribution < -0.4 is 10.1 Å². The van der Waals surface area contributed by atoms with Crippen molar-refractivity contribution in [2.24, 2.45) is 0 Å². The first kappa shape index (κ1) is 19.6. The van der Waals surface area contributed by atoms with Crippen molar-refractivity contribution < 1.29 is 19.1 Å². The first-order valence-corrected chi connectivity index (χ1v) is 9.81. The Hall–Kier alpha value is -3.72. The fourth-order valence-corrected chi connectivity index (χ4v) is 3.82. The van der Waals surface area contributed by atoms with Gasteiger partial charge in [-0.15, -0.1) is 0 Å². The molecule has 30 heavy (non-hydrogen) atoms. The van der Waals surface area contributed by atoms with Crippen molar-refractivity contribution in [1.29, 1.82) is 0 Å². The molecule has 0 aliphatic carbocycles. The minimum atomic E-state index is -0.455. The predicted molar refractivity (Wildman–Crippen MR) is 114 cm³/mol. The van der Waals surface area contributed by atoms with Gasteiger partial charge in [0.2, 0.25) is 5.13 Å². The number of carbonyl (C=O) groups excluding carboxylic acids is 2. The van der Waals surface area contributed by atoms with Gasteiger partial charge in [0.25, 0.3) is 5.91 Å². The molecule has 8 nitrogen and oxygen atoms in total. The van der Waals surface area contributed by atoms with Gasteiger partial charge in [-0.25, -0.2) is 9.78 Å². The molecule has 0 spiro atoms. The number of hydrogen-bond acceptors (Lipinski definition) is 7. The number of nitrogens with one attached hydrogen (secondary N) is 1. The van der Waals surface area contributed by atoms with Gasteiger partial charge in [0, 0.05) is 17.7 Å². The van der Waals surface area contributed by atoms with E-state index < -0.39 is 5.97 Å². The van der Waals surface area contributed by atoms with Crippen LogP contribution in [0.15, 0.2) is 48.5 Å². The molecule has 2 heterocycles. The number of fused-ring (bicyclic) bond motifs is 1. The molecule has 0 unspecified atom stereocenters. The largest absolute Gasteiger partial charge is 0.497 e. The van der Waals surface area contributed by atoms with Crippen LogP contribution in [0.4, 0.5) is 5.82 Å². The molecule has 0 aliphatic rings. The number of amides is 1. The van der Waals surface area contributed by atoms with E-state index >= 15 is 0 Å². The Morgan fingerprint density at radius 2 is 1.77 bits per heavy atom. The van der Waals surface area contributed by atoms with E-state index in [9.17, 15) is 9.59 Å². The Morgan fingerprint density at radius 1 is 1.03 bits per heavy atom. The molecule has 4 rings (SSSR count). The van der Waals surface area contributed by atoms with Gasteiger partial charge in [-0.2, -0.15) is 9.78 Å². The number of nitrogens with zero attached hydrogens (tertiary/aromatic N) is 3. The summed E-state index contributed by atoms with van der Waals surface area (Å²) in [5.41, 5.74) is 2.31. The van der Waals surface area contributed by atoms with Crippen LogP contribution in [-0.4, -0.2) is 40.9 Å². The lowest BCUT2D eigenvalue weighted by Gasteiger charge is -2.07. The van der Waals surface area contributed by atoms with Crippen molar-refractivity contribution in [3.05, 3.63) is 65.4 Å². The summed E-state index contributed by atoms with van der Waals surface area (Å²) in [5.74, 6) is 0.443. The molecule has 2 aromatic heterocycles. The van der Waals surface area contributed by atoms with Gasteiger partial charge < -0.3 is 14.8 Å². The standard InChI is InChI=1S/C21H18N4O4S/c1-12-10-18(23-19(26)13-4-6-14(7-5-13)20(27)29-3)25(24-12)21-22-16-11-15(28-2)8-9-17(16)30-21/h4-11H,1-3H3,(H,23,26). The number of benzene rings is 2. The zero-order valence-electron chi connectivity index (χ0n) is 16.5. The Labute approximate surface area is 176 Å². The number of hydrogen-bond donors (Lipinski definition) is 1. The highest BCUT2D eigenvalue weighted by molar-refractivity contribution is 7.20. The van der Waals surface area contributed by atoms with E-state index in [4.69, 9.17) is 4.74 Å². The Morgan fingerprint density at radius 3 is 2.47 bits per heavy atom. The summed E-state index contributed by atoms with van der Waals surface area (Å²) in [6, 6.07) is 13.7. The average molecular weight is 422 g/mol. The third-order valence-corrected chi connectivity index (χ3v) is 5.42. The molecule has 0 radical (unpaired) electrons. The highest BCUT2D eigenvalue weighted by Gasteiger charge is 2.16. The van der Waals surface area contributed by atoms with Gasteiger partial charge >= 0.3 is 5.97 Å². The molecule has 0 bridgehead atoms. The van der Waals surface area contributed by atoms with E-state index in [0.717, 1.165) is 21.7 Å². The Kier molecular flexibility index (Phi) is 5.20. The van der Waals surface area contributed by atoms with Crippen LogP contribution in [0.2, 0.25) is 0 Å². The summed E-state index contributed by atoms with van der Waals surface area (Å²) in [6.45, 7) is 1.84. The van der Waals surface area contributed by atoms with Gasteiger partial charge in [-0.1, -0.05) is 11.3 Å². The van der Waals surface area contributed by atoms with Crippen molar-refractivity contribution in [3.63, 3.8) is 0 Å². The second-order valence-electron chi connectivity index (χ2n) is 6.44. The van der Waals surface area contributed by atoms with Gasteiger partial charge in [0.05, 0.1) is 35.7 Å². The molecule has 0 saturated heterocycles. The maximum absolute atomic E-state index is 12.7. The summed E-state index contributed by atoms with van der Waals surface area (Å²) in [7, 11) is 2.92. The zero-order chi connectivity index (χ0) is 21.3. The predicted octanol–water partition coefficient (Wildman–Crippen LogP) is 3.84. The fraction of sp³-hybridized carbons (Fsp3) is 0.143. The summed E-state index contributed by atoms with van der Waals surface area (Å²) in [4.78, 5) is 28.9. The smallest absolute Gasteiger partial charge is 0.337 e. The normalized spacial score (nSPS) is 10.8. The number of methoxy groups -OCH3 is 2. The monoisotopic (exact) mass is 422 g/mol. The van der Waals surface area contributed by atoms with E-state index in [1.54, 1.807) is 42.1 Å². The lowest BCUT2D eigenvalue weighted by molar-refractivity contribution is 0.0600. The molecule has 2 aromatic carbocycles. The van der Waals surface area contributed by atoms with Crippen LogP contribution in [0.3, 0.4) is 0 Å². The van der Waals surface area contributed by atoms with Crippen LogP contribution in [0.25, 0.3) is 15.3 Å². The maximum Gasteiger partial charge on any atom is 0.337 e. The molecular formula is C21H18N4O4S. The lowest BCUT2D eigenvalue weighted by atomic mass is 10.1. The first-order valence-electron chi connectivity index (χ1n) is 9.00. The molecule has 0 aliphatic heterocycles. The van der Waals surface area contributed by atoms with Crippen LogP contribution in [-0.2, 0) is 4.74 Å². The summed E-state index contributed by atoms with van der Waals surface area (Å²) in [5, 5.41) is 7.96. The number of ether oxygens (including phenoxy) is 2. The molecule has 0 atom stereocenters. The van der Waals surface area contributed by atoms with Crippen molar-refractivity contribution in [2.45, 2.75) is 6.92 Å². The number of carbonyl (C=O) groups is 2. The van der Waals surface area contributed by atoms with E-state index in [0.29, 0.717) is 22.1 Å². The number of thiazole rings is 1. The highest BCUT2D eigenvalue weighted by Crippen LogP contribution is 2.29. The average Bonchev–Trinajstić information content (AvgIpc) is 3.35. The summed E-state index contributed by atoms with van der Waals surface area (Å²) >= 11 is 1.46. The van der Waals surface area contributed by atoms with Crippen LogP contribution >= 0.6 is 11.3 Å². The highest BCUT2D eigenvalue weighted by atomic mass is 32.1. The molecular weight excluding hydrogens is 404 g/mol. The van der Waals surface area contributed by atoms with Crippen molar-refractivity contribution in [2.75, 3.05) is 19.5 Å². The fourth-order valence-electron chi connectivity index (χ4n) is 2.91. The van der Waals surface area contributed by atoms with E-state index in [1.165, 1.54) is 18.4 Å². The lowest BCUT2D eigenvalue weighted by Crippen LogP contribution is -2.15. The molecule has 0 fully saturated rings. The van der Waals surface area contributed by atoms with Crippen molar-refractivity contribution >= 4 is 39.2 Å². The van der Waals surface area contributed by atoms with Crippen molar-refractivity contribution in [3.8, 4) is 10.9 Å². The summed E-state index contributed by atoms with van der Waals surface area (Å²) in [6.07, 6.45) is 0. The molecule has 1 amide bonds. The SMILES string of the molecule is COC(=O)c1ccc(C(=O)Nc2cc(C)nn2-c2nc3cc(OC)ccc3s2)cc1. The molecule has 4 aromatic rings. The van der Waals surface area contributed by atoms with Gasteiger partial charge in [-0.05, 0) is 43.3 Å². The number of esters is 1. The molecule has 1 N–H and O–H groups in total. The summed E-state index contributed by atoms with van der Waals surface area (Å²) < 4.78 is 12.5. The van der Waals surface area contributed by atoms with Crippen LogP contribution in [0.1, 0.15) is 26.4 Å². The number of rotatable bonds is 5. The number of aromatic nitrogens is 3. The number of aryl methyl sites for hydroxylation is 1. The first-order chi connectivity index (χ1) is 14.5. The topological polar surface area (TPSA) is 95.3 Å². The van der Waals surface area contributed by atoms with E-state index in [2.05, 4.69) is 20.1 Å². The van der Waals surface area contributed by atoms with Crippen LogP contribution in [0.5, 0.6) is 5.75 Å². The Bertz CT molecular complexity index is 1240. The quantitative estimate of drug-likeness (QED) is 0.491. The minimum absolute atomic E-state index is 0.324. The van der Waals surface area contributed by atoms with Gasteiger partial charge in [0.1, 0.15) is 11.6 Å². The Balaban J connectivity index is 1.62. The minimum Gasteiger partial charge on any atom is -0.497 e. The van der Waals surface area contributed by atoms with Gasteiger partial charge in [-0.3, -0.25) is 4.79 Å². The second-order valence-corrected chi connectivity index (χ2v) is 7.45. The second kappa shape index (κ2) is 7.96. The van der Waals surface area contributed by atoms with E-state index in [-0.39, 0.29) is 5.91 Å². The molecule has 9 heteroatoms. The molecule has 0 saturated carbocycles. The third kappa shape index (κ3) is 3.74. The third-order valence-electron chi connectivity index (χ3n) is 4.41. The van der Waals surface area contributed by atoms with Gasteiger partial charge in [0.15, 0.2) is 0 Å².